The van der Waals surface area contributed by atoms with Crippen molar-refractivity contribution in [2.24, 2.45) is 4.99 Å². The number of carbonyl (C=O) groups is 1. The summed E-state index contributed by atoms with van der Waals surface area (Å²) in [5.74, 6) is 1.52. The zero-order chi connectivity index (χ0) is 29.1. The van der Waals surface area contributed by atoms with Gasteiger partial charge in [-0.2, -0.15) is 0 Å². The van der Waals surface area contributed by atoms with Gasteiger partial charge in [0.15, 0.2) is 27.8 Å². The number of esters is 1. The van der Waals surface area contributed by atoms with Gasteiger partial charge in [0.1, 0.15) is 0 Å². The number of allylic oxidation sites excluding steroid dienone is 1. The second-order valence-corrected chi connectivity index (χ2v) is 11.2. The summed E-state index contributed by atoms with van der Waals surface area (Å²) in [5, 5.41) is 0. The lowest BCUT2D eigenvalue weighted by Crippen LogP contribution is -2.40. The molecule has 0 radical (unpaired) electrons. The highest BCUT2D eigenvalue weighted by atomic mass is 79.9. The molecule has 0 N–H and O–H groups in total. The summed E-state index contributed by atoms with van der Waals surface area (Å²) in [6.45, 7) is 5.98. The normalized spacial score (nSPS) is 14.9. The van der Waals surface area contributed by atoms with Gasteiger partial charge in [-0.05, 0) is 62.2 Å². The van der Waals surface area contributed by atoms with E-state index in [1.54, 1.807) is 45.2 Å². The van der Waals surface area contributed by atoms with Crippen LogP contribution in [0.3, 0.4) is 0 Å². The number of benzene rings is 2. The molecule has 12 heteroatoms. The Morgan fingerprint density at radius 2 is 1.60 bits per heavy atom. The van der Waals surface area contributed by atoms with Crippen LogP contribution in [-0.2, 0) is 9.53 Å². The van der Waals surface area contributed by atoms with Crippen LogP contribution in [0.25, 0.3) is 6.08 Å². The third kappa shape index (κ3) is 5.57. The monoisotopic (exact) mass is 694 g/mol. The summed E-state index contributed by atoms with van der Waals surface area (Å²) in [6.07, 6.45) is 1.76. The zero-order valence-electron chi connectivity index (χ0n) is 22.8. The molecule has 212 valence electrons. The van der Waals surface area contributed by atoms with Crippen LogP contribution in [0.2, 0.25) is 0 Å². The summed E-state index contributed by atoms with van der Waals surface area (Å²) in [5.41, 5.74) is 1.75. The number of fused-ring (bicyclic) bond motifs is 1. The Balaban J connectivity index is 2.00. The molecule has 1 aromatic heterocycles. The molecule has 4 rings (SSSR count). The van der Waals surface area contributed by atoms with E-state index in [9.17, 15) is 9.59 Å². The van der Waals surface area contributed by atoms with E-state index in [4.69, 9.17) is 23.7 Å². The lowest BCUT2D eigenvalue weighted by Gasteiger charge is -2.26. The Kier molecular flexibility index (Phi) is 9.42. The van der Waals surface area contributed by atoms with Gasteiger partial charge in [-0.1, -0.05) is 43.2 Å². The standard InChI is InChI=1S/C28H28Br2N2O7S/c1-7-38-22-9-15(17(29)12-21(22)37-6)10-23-26(33)32-25(16-11-19(35-4)20(36-5)13-18(16)30)24(27(34)39-8-2)14(3)31-28(32)40-23/h9-13,25H,7-8H2,1-6H3/b23-10+/t25-/m1/s1. The summed E-state index contributed by atoms with van der Waals surface area (Å²) in [6, 6.07) is 6.26. The van der Waals surface area contributed by atoms with Gasteiger partial charge >= 0.3 is 5.97 Å². The number of thiazole rings is 1. The number of carbonyl (C=O) groups excluding carboxylic acids is 1. The molecule has 1 aliphatic heterocycles. The molecule has 0 bridgehead atoms. The molecule has 1 atom stereocenters. The highest BCUT2D eigenvalue weighted by Gasteiger charge is 2.35. The number of halogens is 2. The minimum Gasteiger partial charge on any atom is -0.493 e. The van der Waals surface area contributed by atoms with E-state index in [1.165, 1.54) is 30.1 Å². The van der Waals surface area contributed by atoms with Gasteiger partial charge in [0.05, 0.1) is 56.4 Å². The zero-order valence-corrected chi connectivity index (χ0v) is 26.8. The summed E-state index contributed by atoms with van der Waals surface area (Å²) in [7, 11) is 4.63. The second kappa shape index (κ2) is 12.6. The predicted molar refractivity (Wildman–Crippen MR) is 160 cm³/mol. The average Bonchev–Trinajstić information content (AvgIpc) is 3.23. The molecule has 40 heavy (non-hydrogen) atoms. The first-order valence-corrected chi connectivity index (χ1v) is 14.7. The fraction of sp³-hybridized carbons (Fsp3) is 0.321. The van der Waals surface area contributed by atoms with Gasteiger partial charge < -0.3 is 23.7 Å². The molecule has 0 fully saturated rings. The maximum atomic E-state index is 14.0. The first kappa shape index (κ1) is 29.9. The molecular weight excluding hydrogens is 668 g/mol. The van der Waals surface area contributed by atoms with Crippen LogP contribution in [0.1, 0.15) is 37.9 Å². The first-order valence-electron chi connectivity index (χ1n) is 12.3. The average molecular weight is 696 g/mol. The summed E-state index contributed by atoms with van der Waals surface area (Å²) < 4.78 is 30.8. The van der Waals surface area contributed by atoms with Gasteiger partial charge in [0, 0.05) is 8.95 Å². The second-order valence-electron chi connectivity index (χ2n) is 8.49. The van der Waals surface area contributed by atoms with Gasteiger partial charge in [0.25, 0.3) is 5.56 Å². The van der Waals surface area contributed by atoms with E-state index in [2.05, 4.69) is 36.9 Å². The van der Waals surface area contributed by atoms with Crippen molar-refractivity contribution in [1.82, 2.24) is 4.57 Å². The molecule has 0 amide bonds. The number of aromatic nitrogens is 1. The van der Waals surface area contributed by atoms with Crippen molar-refractivity contribution in [2.45, 2.75) is 26.8 Å². The molecule has 2 aromatic carbocycles. The van der Waals surface area contributed by atoms with E-state index in [1.807, 2.05) is 13.0 Å². The Hall–Kier alpha value is -3.09. The lowest BCUT2D eigenvalue weighted by molar-refractivity contribution is -0.139. The SMILES string of the molecule is CCOC(=O)C1=C(C)N=c2s/c(=C/c3cc(OCC)c(OC)cc3Br)c(=O)n2[C@@H]1c1cc(OC)c(OC)cc1Br. The smallest absolute Gasteiger partial charge is 0.338 e. The van der Waals surface area contributed by atoms with Crippen LogP contribution in [0, 0.1) is 0 Å². The molecule has 1 aliphatic rings. The Labute approximate surface area is 251 Å². The van der Waals surface area contributed by atoms with E-state index in [0.29, 0.717) is 54.7 Å². The molecule has 0 spiro atoms. The molecular formula is C28H28Br2N2O7S. The van der Waals surface area contributed by atoms with Crippen LogP contribution in [0.15, 0.2) is 54.3 Å². The first-order chi connectivity index (χ1) is 19.2. The van der Waals surface area contributed by atoms with Crippen LogP contribution in [-0.4, -0.2) is 45.1 Å². The molecule has 0 saturated heterocycles. The Bertz CT molecular complexity index is 1680. The molecule has 0 aliphatic carbocycles. The van der Waals surface area contributed by atoms with Gasteiger partial charge in [0.2, 0.25) is 0 Å². The highest BCUT2D eigenvalue weighted by molar-refractivity contribution is 9.10. The highest BCUT2D eigenvalue weighted by Crippen LogP contribution is 2.41. The van der Waals surface area contributed by atoms with Crippen LogP contribution in [0.4, 0.5) is 0 Å². The fourth-order valence-electron chi connectivity index (χ4n) is 4.40. The van der Waals surface area contributed by atoms with Crippen LogP contribution >= 0.6 is 43.2 Å². The topological polar surface area (TPSA) is 97.6 Å². The predicted octanol–water partition coefficient (Wildman–Crippen LogP) is 4.75. The minimum absolute atomic E-state index is 0.174. The van der Waals surface area contributed by atoms with E-state index >= 15 is 0 Å². The Morgan fingerprint density at radius 1 is 0.975 bits per heavy atom. The third-order valence-electron chi connectivity index (χ3n) is 6.18. The van der Waals surface area contributed by atoms with Crippen molar-refractivity contribution in [2.75, 3.05) is 34.5 Å². The van der Waals surface area contributed by atoms with Crippen molar-refractivity contribution in [3.05, 3.63) is 75.3 Å². The number of rotatable bonds is 9. The largest absolute Gasteiger partial charge is 0.493 e. The maximum absolute atomic E-state index is 14.0. The summed E-state index contributed by atoms with van der Waals surface area (Å²) >= 11 is 8.41. The van der Waals surface area contributed by atoms with Gasteiger partial charge in [-0.15, -0.1) is 0 Å². The van der Waals surface area contributed by atoms with E-state index in [0.717, 1.165) is 10.0 Å². The number of hydrogen-bond donors (Lipinski definition) is 0. The number of methoxy groups -OCH3 is 3. The third-order valence-corrected chi connectivity index (χ3v) is 8.54. The van der Waals surface area contributed by atoms with Crippen LogP contribution in [0.5, 0.6) is 23.0 Å². The minimum atomic E-state index is -0.829. The number of ether oxygens (including phenoxy) is 5. The lowest BCUT2D eigenvalue weighted by atomic mass is 9.95. The maximum Gasteiger partial charge on any atom is 0.338 e. The molecule has 0 unspecified atom stereocenters. The molecule has 9 nitrogen and oxygen atoms in total. The van der Waals surface area contributed by atoms with Crippen molar-refractivity contribution in [1.29, 1.82) is 0 Å². The van der Waals surface area contributed by atoms with Gasteiger partial charge in [-0.3, -0.25) is 9.36 Å². The molecule has 0 saturated carbocycles. The molecule has 3 aromatic rings. The van der Waals surface area contributed by atoms with Crippen molar-refractivity contribution >= 4 is 55.2 Å². The molecule has 2 heterocycles. The number of hydrogen-bond acceptors (Lipinski definition) is 9. The van der Waals surface area contributed by atoms with Gasteiger partial charge in [-0.25, -0.2) is 9.79 Å². The number of nitrogens with zero attached hydrogens (tertiary/aromatic N) is 2. The fourth-order valence-corrected chi connectivity index (χ4v) is 6.41. The summed E-state index contributed by atoms with van der Waals surface area (Å²) in [4.78, 5) is 32.4. The Morgan fingerprint density at radius 3 is 2.23 bits per heavy atom. The van der Waals surface area contributed by atoms with E-state index in [-0.39, 0.29) is 17.7 Å². The van der Waals surface area contributed by atoms with E-state index < -0.39 is 12.0 Å². The van der Waals surface area contributed by atoms with Crippen LogP contribution < -0.4 is 33.8 Å². The van der Waals surface area contributed by atoms with Crippen molar-refractivity contribution in [3.8, 4) is 23.0 Å². The van der Waals surface area contributed by atoms with Crippen molar-refractivity contribution in [3.63, 3.8) is 0 Å². The van der Waals surface area contributed by atoms with Crippen molar-refractivity contribution < 1.29 is 28.5 Å². The quantitative estimate of drug-likeness (QED) is 0.298.